The van der Waals surface area contributed by atoms with E-state index < -0.39 is 11.7 Å². The van der Waals surface area contributed by atoms with Crippen molar-refractivity contribution in [2.45, 2.75) is 32.4 Å². The number of rotatable bonds is 1. The van der Waals surface area contributed by atoms with Crippen LogP contribution in [-0.2, 0) is 11.6 Å². The van der Waals surface area contributed by atoms with Crippen molar-refractivity contribution in [1.82, 2.24) is 9.78 Å². The van der Waals surface area contributed by atoms with Crippen LogP contribution in [0, 0.1) is 0 Å². The molecule has 0 aliphatic rings. The van der Waals surface area contributed by atoms with Gasteiger partial charge in [-0.15, -0.1) is 0 Å². The zero-order valence-electron chi connectivity index (χ0n) is 11.3. The van der Waals surface area contributed by atoms with Crippen molar-refractivity contribution in [1.29, 1.82) is 0 Å². The van der Waals surface area contributed by atoms with Crippen LogP contribution in [0.15, 0.2) is 30.5 Å². The third-order valence-corrected chi connectivity index (χ3v) is 3.18. The first-order valence-electron chi connectivity index (χ1n) is 6.02. The van der Waals surface area contributed by atoms with E-state index in [1.165, 1.54) is 10.7 Å². The lowest BCUT2D eigenvalue weighted by Crippen LogP contribution is -2.12. The van der Waals surface area contributed by atoms with Crippen LogP contribution in [0.2, 0.25) is 5.02 Å². The molecule has 0 aliphatic carbocycles. The van der Waals surface area contributed by atoms with Crippen molar-refractivity contribution in [2.24, 2.45) is 0 Å². The van der Waals surface area contributed by atoms with Gasteiger partial charge in [-0.2, -0.15) is 18.3 Å². The van der Waals surface area contributed by atoms with Crippen LogP contribution in [0.5, 0.6) is 0 Å². The van der Waals surface area contributed by atoms with Gasteiger partial charge in [0.2, 0.25) is 0 Å². The lowest BCUT2D eigenvalue weighted by atomic mass is 9.93. The summed E-state index contributed by atoms with van der Waals surface area (Å²) in [4.78, 5) is 0. The molecule has 6 heteroatoms. The quantitative estimate of drug-likeness (QED) is 0.737. The molecule has 0 saturated heterocycles. The maximum atomic E-state index is 12.6. The van der Waals surface area contributed by atoms with Crippen molar-refractivity contribution in [2.75, 3.05) is 0 Å². The molecule has 0 aliphatic heterocycles. The van der Waals surface area contributed by atoms with Gasteiger partial charge in [0.1, 0.15) is 0 Å². The highest BCUT2D eigenvalue weighted by Gasteiger charge is 2.31. The van der Waals surface area contributed by atoms with E-state index in [1.807, 2.05) is 26.8 Å². The lowest BCUT2D eigenvalue weighted by molar-refractivity contribution is -0.137. The molecule has 0 amide bonds. The zero-order valence-corrected chi connectivity index (χ0v) is 12.0. The molecule has 0 N–H and O–H groups in total. The van der Waals surface area contributed by atoms with Gasteiger partial charge in [-0.25, -0.2) is 4.68 Å². The number of hydrogen-bond acceptors (Lipinski definition) is 1. The van der Waals surface area contributed by atoms with Crippen LogP contribution in [-0.4, -0.2) is 9.78 Å². The van der Waals surface area contributed by atoms with E-state index in [4.69, 9.17) is 11.6 Å². The Balaban J connectivity index is 2.42. The molecule has 1 heterocycles. The molecular formula is C14H14ClF3N2. The Labute approximate surface area is 120 Å². The Morgan fingerprint density at radius 2 is 1.75 bits per heavy atom. The Bertz CT molecular complexity index is 624. The van der Waals surface area contributed by atoms with Gasteiger partial charge < -0.3 is 0 Å². The van der Waals surface area contributed by atoms with E-state index in [0.717, 1.165) is 17.8 Å². The summed E-state index contributed by atoms with van der Waals surface area (Å²) in [5.41, 5.74) is 0.363. The van der Waals surface area contributed by atoms with Gasteiger partial charge in [-0.05, 0) is 24.3 Å². The van der Waals surface area contributed by atoms with Gasteiger partial charge in [-0.1, -0.05) is 32.4 Å². The van der Waals surface area contributed by atoms with E-state index in [1.54, 1.807) is 6.20 Å². The van der Waals surface area contributed by atoms with Gasteiger partial charge in [0.05, 0.1) is 22.0 Å². The number of benzene rings is 1. The van der Waals surface area contributed by atoms with Crippen LogP contribution in [0.3, 0.4) is 0 Å². The van der Waals surface area contributed by atoms with Crippen molar-refractivity contribution in [3.63, 3.8) is 0 Å². The summed E-state index contributed by atoms with van der Waals surface area (Å²) in [5.74, 6) is 0. The molecule has 108 valence electrons. The van der Waals surface area contributed by atoms with Crippen LogP contribution in [0.1, 0.15) is 32.0 Å². The predicted molar refractivity (Wildman–Crippen MR) is 72.3 cm³/mol. The molecule has 0 atom stereocenters. The largest absolute Gasteiger partial charge is 0.416 e. The van der Waals surface area contributed by atoms with Crippen LogP contribution < -0.4 is 0 Å². The summed E-state index contributed by atoms with van der Waals surface area (Å²) in [5, 5.41) is 4.37. The van der Waals surface area contributed by atoms with Crippen molar-refractivity contribution < 1.29 is 13.2 Å². The van der Waals surface area contributed by atoms with Crippen LogP contribution in [0.25, 0.3) is 5.69 Å². The van der Waals surface area contributed by atoms with Gasteiger partial charge in [-0.3, -0.25) is 0 Å². The number of hydrogen-bond donors (Lipinski definition) is 0. The molecule has 0 bridgehead atoms. The Morgan fingerprint density at radius 1 is 1.10 bits per heavy atom. The van der Waals surface area contributed by atoms with E-state index >= 15 is 0 Å². The normalized spacial score (nSPS) is 12.8. The second-order valence-electron chi connectivity index (χ2n) is 5.56. The zero-order chi connectivity index (χ0) is 15.1. The molecule has 0 radical (unpaired) electrons. The third kappa shape index (κ3) is 2.98. The van der Waals surface area contributed by atoms with E-state index in [-0.39, 0.29) is 10.4 Å². The minimum absolute atomic E-state index is 0.0170. The van der Waals surface area contributed by atoms with Crippen LogP contribution >= 0.6 is 11.6 Å². The molecule has 1 aromatic carbocycles. The van der Waals surface area contributed by atoms with Gasteiger partial charge in [0, 0.05) is 11.6 Å². The highest BCUT2D eigenvalue weighted by atomic mass is 35.5. The summed E-state index contributed by atoms with van der Waals surface area (Å²) in [6.07, 6.45) is -2.71. The monoisotopic (exact) mass is 302 g/mol. The average Bonchev–Trinajstić information content (AvgIpc) is 2.76. The number of alkyl halides is 3. The van der Waals surface area contributed by atoms with Gasteiger partial charge in [0.25, 0.3) is 0 Å². The smallest absolute Gasteiger partial charge is 0.239 e. The van der Waals surface area contributed by atoms with E-state index in [2.05, 4.69) is 5.10 Å². The number of aromatic nitrogens is 2. The fourth-order valence-electron chi connectivity index (χ4n) is 1.73. The minimum Gasteiger partial charge on any atom is -0.239 e. The Kier molecular flexibility index (Phi) is 3.58. The number of halogens is 4. The predicted octanol–water partition coefficient (Wildman–Crippen LogP) is 4.84. The molecule has 2 aromatic rings. The molecule has 1 aromatic heterocycles. The summed E-state index contributed by atoms with van der Waals surface area (Å²) in [6.45, 7) is 6.02. The van der Waals surface area contributed by atoms with Crippen molar-refractivity contribution >= 4 is 11.6 Å². The molecular weight excluding hydrogens is 289 g/mol. The lowest BCUT2D eigenvalue weighted by Gasteiger charge is -2.14. The maximum absolute atomic E-state index is 12.6. The molecule has 20 heavy (non-hydrogen) atoms. The minimum atomic E-state index is -4.40. The maximum Gasteiger partial charge on any atom is 0.416 e. The Morgan fingerprint density at radius 3 is 2.20 bits per heavy atom. The van der Waals surface area contributed by atoms with Crippen LogP contribution in [0.4, 0.5) is 13.2 Å². The summed E-state index contributed by atoms with van der Waals surface area (Å²) >= 11 is 5.93. The van der Waals surface area contributed by atoms with Gasteiger partial charge >= 0.3 is 6.18 Å². The molecule has 0 spiro atoms. The summed E-state index contributed by atoms with van der Waals surface area (Å²) in [6, 6.07) is 5.06. The standard InChI is InChI=1S/C14H14ClF3N2/c1-13(2,3)12-6-7-20(19-12)11-5-4-9(8-10(11)15)14(16,17)18/h4-8H,1-3H3. The second-order valence-corrected chi connectivity index (χ2v) is 5.97. The fourth-order valence-corrected chi connectivity index (χ4v) is 1.99. The summed E-state index contributed by atoms with van der Waals surface area (Å²) < 4.78 is 39.2. The highest BCUT2D eigenvalue weighted by molar-refractivity contribution is 6.32. The molecule has 0 fully saturated rings. The first-order chi connectivity index (χ1) is 9.09. The van der Waals surface area contributed by atoms with E-state index in [9.17, 15) is 13.2 Å². The summed E-state index contributed by atoms with van der Waals surface area (Å²) in [7, 11) is 0. The average molecular weight is 303 g/mol. The fraction of sp³-hybridized carbons (Fsp3) is 0.357. The van der Waals surface area contributed by atoms with Crippen molar-refractivity contribution in [3.8, 4) is 5.69 Å². The topological polar surface area (TPSA) is 17.8 Å². The SMILES string of the molecule is CC(C)(C)c1ccn(-c2ccc(C(F)(F)F)cc2Cl)n1. The third-order valence-electron chi connectivity index (χ3n) is 2.88. The van der Waals surface area contributed by atoms with E-state index in [0.29, 0.717) is 5.69 Å². The number of nitrogens with zero attached hydrogens (tertiary/aromatic N) is 2. The first-order valence-corrected chi connectivity index (χ1v) is 6.40. The molecule has 2 rings (SSSR count). The highest BCUT2D eigenvalue weighted by Crippen LogP contribution is 2.33. The first kappa shape index (κ1) is 14.9. The molecule has 0 unspecified atom stereocenters. The molecule has 0 saturated carbocycles. The van der Waals surface area contributed by atoms with Crippen molar-refractivity contribution in [3.05, 3.63) is 46.7 Å². The molecule has 2 nitrogen and oxygen atoms in total. The Hall–Kier alpha value is -1.49. The van der Waals surface area contributed by atoms with Gasteiger partial charge in [0.15, 0.2) is 0 Å². The second kappa shape index (κ2) is 4.81.